The molecule has 0 saturated carbocycles. The molecule has 0 spiro atoms. The van der Waals surface area contributed by atoms with Gasteiger partial charge in [-0.1, -0.05) is 0 Å². The van der Waals surface area contributed by atoms with Crippen LogP contribution in [0.25, 0.3) is 0 Å². The summed E-state index contributed by atoms with van der Waals surface area (Å²) in [5.41, 5.74) is 0. The van der Waals surface area contributed by atoms with Gasteiger partial charge in [0.25, 0.3) is 0 Å². The molecule has 101 valence electrons. The minimum Gasteiger partial charge on any atom is -0.550 e. The average Bonchev–Trinajstić information content (AvgIpc) is 1.76. The Hall–Kier alpha value is -0.120. The zero-order valence-corrected chi connectivity index (χ0v) is 15.0. The maximum atomic E-state index is 8.89. The van der Waals surface area contributed by atoms with Gasteiger partial charge in [0.1, 0.15) is 0 Å². The first kappa shape index (κ1) is 36.1. The summed E-state index contributed by atoms with van der Waals surface area (Å²) >= 11 is 0. The van der Waals surface area contributed by atoms with Crippen LogP contribution < -0.4 is 20.4 Å². The molecule has 8 nitrogen and oxygen atoms in total. The fraction of sp³-hybridized carbons (Fsp3) is 0.500. The summed E-state index contributed by atoms with van der Waals surface area (Å²) < 4.78 is 0. The standard InChI is InChI=1S/4C2H4O2.Mn.Sr/c4*1-2(3)4;;/h4*1H3,(H,3,4);;/q;;;;2*+2/p-4. The third-order valence-corrected chi connectivity index (χ3v) is 0. The summed E-state index contributed by atoms with van der Waals surface area (Å²) in [5, 5.41) is 35.6. The van der Waals surface area contributed by atoms with E-state index in [1.54, 1.807) is 0 Å². The van der Waals surface area contributed by atoms with Gasteiger partial charge in [-0.25, -0.2) is 0 Å². The molecule has 0 heterocycles. The molecule has 10 heteroatoms. The second-order valence-electron chi connectivity index (χ2n) is 1.97. The second-order valence-corrected chi connectivity index (χ2v) is 1.97. The van der Waals surface area contributed by atoms with Gasteiger partial charge in [0.15, 0.2) is 0 Å². The van der Waals surface area contributed by atoms with Crippen molar-refractivity contribution >= 4 is 69.4 Å². The van der Waals surface area contributed by atoms with Crippen LogP contribution in [0.3, 0.4) is 0 Å². The first-order valence-electron chi connectivity index (χ1n) is 3.63. The molecule has 0 fully saturated rings. The molecule has 0 aliphatic rings. The van der Waals surface area contributed by atoms with E-state index in [4.69, 9.17) is 39.6 Å². The molecule has 0 saturated heterocycles. The van der Waals surface area contributed by atoms with E-state index >= 15 is 0 Å². The van der Waals surface area contributed by atoms with E-state index in [9.17, 15) is 0 Å². The summed E-state index contributed by atoms with van der Waals surface area (Å²) in [6, 6.07) is 0. The third kappa shape index (κ3) is 244000. The molecule has 0 aliphatic heterocycles. The molecule has 0 unspecified atom stereocenters. The van der Waals surface area contributed by atoms with E-state index in [0.717, 1.165) is 27.7 Å². The second kappa shape index (κ2) is 30.2. The maximum absolute atomic E-state index is 8.89. The van der Waals surface area contributed by atoms with E-state index in [0.29, 0.717) is 0 Å². The number of hydrogen-bond acceptors (Lipinski definition) is 8. The van der Waals surface area contributed by atoms with Gasteiger partial charge in [-0.3, -0.25) is 0 Å². The van der Waals surface area contributed by atoms with Crippen molar-refractivity contribution in [3.05, 3.63) is 0 Å². The molecule has 0 atom stereocenters. The Bertz CT molecular complexity index is 167. The molecule has 0 aromatic rings. The largest absolute Gasteiger partial charge is 2.00 e. The van der Waals surface area contributed by atoms with Crippen LogP contribution in [-0.4, -0.2) is 69.4 Å². The minimum atomic E-state index is -1.08. The topological polar surface area (TPSA) is 161 Å². The van der Waals surface area contributed by atoms with Crippen molar-refractivity contribution in [3.63, 3.8) is 0 Å². The van der Waals surface area contributed by atoms with Gasteiger partial charge in [0.05, 0.1) is 0 Å². The van der Waals surface area contributed by atoms with Crippen LogP contribution in [0.5, 0.6) is 0 Å². The Balaban J connectivity index is -0.0000000257. The Morgan fingerprint density at radius 3 is 0.556 bits per heavy atom. The van der Waals surface area contributed by atoms with Crippen LogP contribution in [0.4, 0.5) is 0 Å². The van der Waals surface area contributed by atoms with E-state index < -0.39 is 23.9 Å². The fourth-order valence-electron chi connectivity index (χ4n) is 0. The normalized spacial score (nSPS) is 5.56. The summed E-state index contributed by atoms with van der Waals surface area (Å²) in [6.07, 6.45) is 0. The molecule has 1 radical (unpaired) electrons. The number of hydrogen-bond donors (Lipinski definition) is 0. The first-order chi connectivity index (χ1) is 6.93. The molecular formula is C8H12MnO8Sr. The van der Waals surface area contributed by atoms with E-state index in [2.05, 4.69) is 0 Å². The predicted octanol–water partition coefficient (Wildman–Crippen LogP) is -5.36. The molecule has 0 aromatic carbocycles. The summed E-state index contributed by atoms with van der Waals surface area (Å²) in [4.78, 5) is 35.6. The molecule has 0 amide bonds. The molecule has 0 N–H and O–H groups in total. The fourth-order valence-corrected chi connectivity index (χ4v) is 0. The number of carbonyl (C=O) groups is 4. The summed E-state index contributed by atoms with van der Waals surface area (Å²) in [7, 11) is 0. The zero-order valence-electron chi connectivity index (χ0n) is 10.4. The number of aliphatic carboxylic acids is 4. The molecule has 0 aliphatic carbocycles. The predicted molar refractivity (Wildman–Crippen MR) is 48.5 cm³/mol. The van der Waals surface area contributed by atoms with Gasteiger partial charge in [0.2, 0.25) is 0 Å². The quantitative estimate of drug-likeness (QED) is 0.377. The summed E-state index contributed by atoms with van der Waals surface area (Å²) in [5.74, 6) is -4.33. The van der Waals surface area contributed by atoms with Gasteiger partial charge < -0.3 is 39.6 Å². The Morgan fingerprint density at radius 1 is 0.556 bits per heavy atom. The van der Waals surface area contributed by atoms with Crippen molar-refractivity contribution in [2.75, 3.05) is 0 Å². The van der Waals surface area contributed by atoms with E-state index in [1.807, 2.05) is 0 Å². The Morgan fingerprint density at radius 2 is 0.556 bits per heavy atom. The van der Waals surface area contributed by atoms with Gasteiger partial charge in [0, 0.05) is 23.9 Å². The molecular weight excluding hydrogens is 367 g/mol. The van der Waals surface area contributed by atoms with Gasteiger partial charge in [-0.05, 0) is 27.7 Å². The van der Waals surface area contributed by atoms with Crippen LogP contribution in [0, 0.1) is 0 Å². The van der Waals surface area contributed by atoms with E-state index in [1.165, 1.54) is 0 Å². The van der Waals surface area contributed by atoms with Crippen LogP contribution >= 0.6 is 0 Å². The van der Waals surface area contributed by atoms with Crippen LogP contribution in [0.15, 0.2) is 0 Å². The van der Waals surface area contributed by atoms with Crippen molar-refractivity contribution in [1.29, 1.82) is 0 Å². The minimum absolute atomic E-state index is 0. The Labute approximate surface area is 152 Å². The smallest absolute Gasteiger partial charge is 0.550 e. The van der Waals surface area contributed by atoms with Crippen LogP contribution in [0.1, 0.15) is 27.7 Å². The SMILES string of the molecule is CC(=O)[O-].CC(=O)[O-].CC(=O)[O-].CC(=O)[O-].[Mn+2].[Sr+2]. The Kier molecular flexibility index (Phi) is 60.5. The maximum Gasteiger partial charge on any atom is 2.00 e. The molecule has 0 bridgehead atoms. The number of carbonyl (C=O) groups excluding carboxylic acids is 4. The number of carboxylic acid groups (broad SMARTS) is 4. The molecule has 0 aromatic heterocycles. The monoisotopic (exact) mass is 379 g/mol. The van der Waals surface area contributed by atoms with Gasteiger partial charge in [-0.2, -0.15) is 0 Å². The first-order valence-corrected chi connectivity index (χ1v) is 3.63. The number of carboxylic acids is 4. The molecule has 0 rings (SSSR count). The van der Waals surface area contributed by atoms with Crippen molar-refractivity contribution < 1.29 is 56.7 Å². The van der Waals surface area contributed by atoms with Crippen molar-refractivity contribution in [2.45, 2.75) is 27.7 Å². The van der Waals surface area contributed by atoms with Crippen molar-refractivity contribution in [2.24, 2.45) is 0 Å². The van der Waals surface area contributed by atoms with Crippen molar-refractivity contribution in [1.82, 2.24) is 0 Å². The van der Waals surface area contributed by atoms with Crippen LogP contribution in [-0.2, 0) is 36.2 Å². The summed E-state index contributed by atoms with van der Waals surface area (Å²) in [6.45, 7) is 3.89. The van der Waals surface area contributed by atoms with E-state index in [-0.39, 0.29) is 62.6 Å². The van der Waals surface area contributed by atoms with Gasteiger partial charge in [-0.15, -0.1) is 0 Å². The van der Waals surface area contributed by atoms with Crippen LogP contribution in [0.2, 0.25) is 0 Å². The zero-order chi connectivity index (χ0) is 14.3. The third-order valence-electron chi connectivity index (χ3n) is 0. The molecule has 18 heavy (non-hydrogen) atoms. The number of rotatable bonds is 0. The van der Waals surface area contributed by atoms with Crippen molar-refractivity contribution in [3.8, 4) is 0 Å². The van der Waals surface area contributed by atoms with Gasteiger partial charge >= 0.3 is 62.6 Å². The average molecular weight is 379 g/mol.